The molecule has 2 fully saturated rings. The van der Waals surface area contributed by atoms with E-state index in [-0.39, 0.29) is 11.7 Å². The Balaban J connectivity index is 1.91. The summed E-state index contributed by atoms with van der Waals surface area (Å²) in [6, 6.07) is 4.91. The summed E-state index contributed by atoms with van der Waals surface area (Å²) in [6.45, 7) is 4.16. The normalized spacial score (nSPS) is 25.4. The van der Waals surface area contributed by atoms with Crippen LogP contribution in [0.2, 0.25) is 0 Å². The van der Waals surface area contributed by atoms with Gasteiger partial charge < -0.3 is 10.0 Å². The molecule has 136 valence electrons. The number of carboxylic acid groups (broad SMARTS) is 1. The summed E-state index contributed by atoms with van der Waals surface area (Å²) in [4.78, 5) is 25.9. The molecule has 2 saturated heterocycles. The van der Waals surface area contributed by atoms with Gasteiger partial charge in [-0.3, -0.25) is 9.10 Å². The smallest absolute Gasteiger partial charge is 0.329 e. The highest BCUT2D eigenvalue weighted by Crippen LogP contribution is 2.32. The largest absolute Gasteiger partial charge is 0.480 e. The molecule has 1 aromatic rings. The number of hydrogen-bond acceptors (Lipinski definition) is 4. The number of anilines is 1. The van der Waals surface area contributed by atoms with Crippen molar-refractivity contribution in [3.05, 3.63) is 29.3 Å². The van der Waals surface area contributed by atoms with Crippen LogP contribution in [0, 0.1) is 6.92 Å². The summed E-state index contributed by atoms with van der Waals surface area (Å²) >= 11 is 0. The van der Waals surface area contributed by atoms with Gasteiger partial charge in [-0.25, -0.2) is 13.2 Å². The Morgan fingerprint density at radius 1 is 1.20 bits per heavy atom. The number of aryl methyl sites for hydroxylation is 1. The van der Waals surface area contributed by atoms with E-state index in [1.54, 1.807) is 32.0 Å². The van der Waals surface area contributed by atoms with E-state index >= 15 is 0 Å². The van der Waals surface area contributed by atoms with Gasteiger partial charge in [-0.1, -0.05) is 0 Å². The minimum absolute atomic E-state index is 0.136. The number of carboxylic acids is 1. The highest BCUT2D eigenvalue weighted by atomic mass is 32.2. The van der Waals surface area contributed by atoms with Gasteiger partial charge in [0.25, 0.3) is 5.91 Å². The van der Waals surface area contributed by atoms with Crippen molar-refractivity contribution >= 4 is 27.6 Å². The lowest BCUT2D eigenvalue weighted by molar-refractivity contribution is -0.147. The summed E-state index contributed by atoms with van der Waals surface area (Å²) in [5.41, 5.74) is 0.411. The van der Waals surface area contributed by atoms with Crippen LogP contribution in [0.5, 0.6) is 0 Å². The summed E-state index contributed by atoms with van der Waals surface area (Å²) in [5, 5.41) is 9.49. The van der Waals surface area contributed by atoms with E-state index in [9.17, 15) is 23.1 Å². The maximum atomic E-state index is 12.9. The molecule has 25 heavy (non-hydrogen) atoms. The SMILES string of the molecule is Cc1cc(N2CCCS2(=O)=O)ccc1C(=O)N1CCCC1(C)C(=O)O. The second-order valence-corrected chi connectivity index (χ2v) is 8.89. The Kier molecular flexibility index (Phi) is 4.26. The van der Waals surface area contributed by atoms with Gasteiger partial charge in [-0.05, 0) is 56.9 Å². The number of hydrogen-bond donors (Lipinski definition) is 1. The van der Waals surface area contributed by atoms with Crippen LogP contribution in [-0.2, 0) is 14.8 Å². The van der Waals surface area contributed by atoms with Crippen LogP contribution in [0.1, 0.15) is 42.1 Å². The lowest BCUT2D eigenvalue weighted by atomic mass is 9.97. The third-order valence-corrected chi connectivity index (χ3v) is 7.04. The summed E-state index contributed by atoms with van der Waals surface area (Å²) in [5.74, 6) is -1.19. The van der Waals surface area contributed by atoms with Crippen LogP contribution in [0.3, 0.4) is 0 Å². The number of aliphatic carboxylic acids is 1. The molecule has 0 aliphatic carbocycles. The number of carbonyl (C=O) groups is 2. The predicted molar refractivity (Wildman–Crippen MR) is 93.2 cm³/mol. The zero-order valence-corrected chi connectivity index (χ0v) is 15.2. The number of nitrogens with zero attached hydrogens (tertiary/aromatic N) is 2. The van der Waals surface area contributed by atoms with Crippen LogP contribution in [0.4, 0.5) is 5.69 Å². The number of amides is 1. The van der Waals surface area contributed by atoms with Gasteiger partial charge >= 0.3 is 5.97 Å². The zero-order valence-electron chi connectivity index (χ0n) is 14.4. The fourth-order valence-electron chi connectivity index (χ4n) is 3.63. The quantitative estimate of drug-likeness (QED) is 0.877. The zero-order chi connectivity index (χ0) is 18.4. The fourth-order valence-corrected chi connectivity index (χ4v) is 5.19. The Hall–Kier alpha value is -2.09. The third-order valence-electron chi connectivity index (χ3n) is 5.17. The van der Waals surface area contributed by atoms with Crippen molar-refractivity contribution in [2.45, 2.75) is 38.6 Å². The van der Waals surface area contributed by atoms with Crippen molar-refractivity contribution in [2.75, 3.05) is 23.1 Å². The average Bonchev–Trinajstić information content (AvgIpc) is 3.09. The molecule has 2 aliphatic rings. The first kappa shape index (κ1) is 17.7. The summed E-state index contributed by atoms with van der Waals surface area (Å²) in [6.07, 6.45) is 1.67. The molecular weight excluding hydrogens is 344 g/mol. The minimum Gasteiger partial charge on any atom is -0.480 e. The van der Waals surface area contributed by atoms with Crippen molar-refractivity contribution in [3.8, 4) is 0 Å². The number of benzene rings is 1. The van der Waals surface area contributed by atoms with Crippen LogP contribution in [-0.4, -0.2) is 54.7 Å². The topological polar surface area (TPSA) is 95.0 Å². The Bertz CT molecular complexity index is 835. The van der Waals surface area contributed by atoms with E-state index < -0.39 is 21.5 Å². The molecule has 0 aromatic heterocycles. The Morgan fingerprint density at radius 3 is 2.48 bits per heavy atom. The van der Waals surface area contributed by atoms with E-state index in [2.05, 4.69) is 0 Å². The molecule has 8 heteroatoms. The monoisotopic (exact) mass is 366 g/mol. The van der Waals surface area contributed by atoms with Crippen molar-refractivity contribution in [1.82, 2.24) is 4.90 Å². The van der Waals surface area contributed by atoms with Gasteiger partial charge in [-0.2, -0.15) is 0 Å². The molecule has 0 radical (unpaired) electrons. The van der Waals surface area contributed by atoms with E-state index in [0.29, 0.717) is 49.2 Å². The minimum atomic E-state index is -3.28. The van der Waals surface area contributed by atoms with Crippen LogP contribution >= 0.6 is 0 Å². The van der Waals surface area contributed by atoms with Gasteiger partial charge in [0.15, 0.2) is 0 Å². The summed E-state index contributed by atoms with van der Waals surface area (Å²) in [7, 11) is -3.28. The molecule has 1 unspecified atom stereocenters. The molecule has 1 atom stereocenters. The molecule has 2 aliphatic heterocycles. The molecule has 0 spiro atoms. The van der Waals surface area contributed by atoms with Gasteiger partial charge in [0.1, 0.15) is 5.54 Å². The van der Waals surface area contributed by atoms with Gasteiger partial charge in [-0.15, -0.1) is 0 Å². The van der Waals surface area contributed by atoms with E-state index in [4.69, 9.17) is 0 Å². The lowest BCUT2D eigenvalue weighted by Crippen LogP contribution is -2.50. The van der Waals surface area contributed by atoms with Crippen molar-refractivity contribution in [2.24, 2.45) is 0 Å². The number of likely N-dealkylation sites (tertiary alicyclic amines) is 1. The molecule has 0 saturated carbocycles. The molecule has 2 heterocycles. The number of sulfonamides is 1. The van der Waals surface area contributed by atoms with Crippen LogP contribution in [0.25, 0.3) is 0 Å². The molecule has 1 aromatic carbocycles. The van der Waals surface area contributed by atoms with Crippen LogP contribution < -0.4 is 4.31 Å². The summed E-state index contributed by atoms with van der Waals surface area (Å²) < 4.78 is 25.5. The van der Waals surface area contributed by atoms with Gasteiger partial charge in [0, 0.05) is 18.7 Å². The van der Waals surface area contributed by atoms with Crippen molar-refractivity contribution < 1.29 is 23.1 Å². The maximum Gasteiger partial charge on any atom is 0.329 e. The van der Waals surface area contributed by atoms with Gasteiger partial charge in [0.05, 0.1) is 11.4 Å². The highest BCUT2D eigenvalue weighted by Gasteiger charge is 2.46. The molecule has 1 N–H and O–H groups in total. The lowest BCUT2D eigenvalue weighted by Gasteiger charge is -2.31. The molecule has 1 amide bonds. The second-order valence-electron chi connectivity index (χ2n) is 6.88. The molecule has 0 bridgehead atoms. The average molecular weight is 366 g/mol. The predicted octanol–water partition coefficient (Wildman–Crippen LogP) is 1.61. The first-order valence-electron chi connectivity index (χ1n) is 8.33. The highest BCUT2D eigenvalue weighted by molar-refractivity contribution is 7.93. The molecule has 7 nitrogen and oxygen atoms in total. The van der Waals surface area contributed by atoms with Crippen molar-refractivity contribution in [3.63, 3.8) is 0 Å². The number of rotatable bonds is 3. The first-order chi connectivity index (χ1) is 11.7. The van der Waals surface area contributed by atoms with Crippen LogP contribution in [0.15, 0.2) is 18.2 Å². The molecular formula is C17H22N2O5S. The Morgan fingerprint density at radius 2 is 1.92 bits per heavy atom. The third kappa shape index (κ3) is 2.88. The Labute approximate surface area is 147 Å². The van der Waals surface area contributed by atoms with E-state index in [1.807, 2.05) is 0 Å². The van der Waals surface area contributed by atoms with E-state index in [0.717, 1.165) is 0 Å². The first-order valence-corrected chi connectivity index (χ1v) is 9.94. The second kappa shape index (κ2) is 6.01. The van der Waals surface area contributed by atoms with Crippen molar-refractivity contribution in [1.29, 1.82) is 0 Å². The van der Waals surface area contributed by atoms with E-state index in [1.165, 1.54) is 9.21 Å². The maximum absolute atomic E-state index is 12.9. The van der Waals surface area contributed by atoms with Gasteiger partial charge in [0.2, 0.25) is 10.0 Å². The fraction of sp³-hybridized carbons (Fsp3) is 0.529. The number of carbonyl (C=O) groups excluding carboxylic acids is 1. The standard InChI is InChI=1S/C17H22N2O5S/c1-12-11-13(19-9-4-10-25(19,23)24)5-6-14(12)15(20)18-8-3-7-17(18,2)16(21)22/h5-6,11H,3-4,7-10H2,1-2H3,(H,21,22). The molecule has 3 rings (SSSR count).